The molecule has 1 aliphatic rings. The molecule has 0 fully saturated rings. The lowest BCUT2D eigenvalue weighted by molar-refractivity contribution is 0.309. The van der Waals surface area contributed by atoms with E-state index in [1.807, 2.05) is 0 Å². The molecule has 2 nitrogen and oxygen atoms in total. The van der Waals surface area contributed by atoms with Gasteiger partial charge in [0.05, 0.1) is 15.8 Å². The second kappa shape index (κ2) is 3.12. The van der Waals surface area contributed by atoms with E-state index in [-0.39, 0.29) is 0 Å². The van der Waals surface area contributed by atoms with Crippen LogP contribution >= 0.6 is 22.6 Å². The first-order valence-electron chi connectivity index (χ1n) is 3.91. The normalized spacial score (nSPS) is 15.3. The Balaban J connectivity index is 2.52. The van der Waals surface area contributed by atoms with Gasteiger partial charge in [-0.2, -0.15) is 0 Å². The van der Waals surface area contributed by atoms with Crippen molar-refractivity contribution in [1.82, 2.24) is 0 Å². The van der Waals surface area contributed by atoms with E-state index in [9.17, 15) is 0 Å². The fraction of sp³-hybridized carbons (Fsp3) is 0.333. The standard InChI is InChI=1S/C9H10INO/c1-11-5-6-12-9-7(10)3-2-4-8(9)11/h2-4H,5-6H2,1H3. The summed E-state index contributed by atoms with van der Waals surface area (Å²) in [6.07, 6.45) is 0. The lowest BCUT2D eigenvalue weighted by Crippen LogP contribution is -2.29. The molecule has 0 saturated heterocycles. The predicted molar refractivity (Wildman–Crippen MR) is 57.9 cm³/mol. The van der Waals surface area contributed by atoms with Crippen molar-refractivity contribution in [3.05, 3.63) is 21.8 Å². The molecule has 0 atom stereocenters. The Bertz CT molecular complexity index is 301. The molecular formula is C9H10INO. The fourth-order valence-corrected chi connectivity index (χ4v) is 1.99. The van der Waals surface area contributed by atoms with Gasteiger partial charge in [-0.3, -0.25) is 0 Å². The van der Waals surface area contributed by atoms with Crippen LogP contribution in [0.3, 0.4) is 0 Å². The van der Waals surface area contributed by atoms with Crippen LogP contribution in [-0.2, 0) is 0 Å². The molecule has 0 bridgehead atoms. The summed E-state index contributed by atoms with van der Waals surface area (Å²) in [6, 6.07) is 6.22. The van der Waals surface area contributed by atoms with Crippen LogP contribution in [0.1, 0.15) is 0 Å². The molecule has 1 aliphatic heterocycles. The largest absolute Gasteiger partial charge is 0.488 e. The minimum Gasteiger partial charge on any atom is -0.488 e. The van der Waals surface area contributed by atoms with Gasteiger partial charge in [0.25, 0.3) is 0 Å². The van der Waals surface area contributed by atoms with Crippen LogP contribution in [-0.4, -0.2) is 20.2 Å². The average Bonchev–Trinajstić information content (AvgIpc) is 2.07. The van der Waals surface area contributed by atoms with Crippen LogP contribution in [0.2, 0.25) is 0 Å². The summed E-state index contributed by atoms with van der Waals surface area (Å²) in [5, 5.41) is 0. The summed E-state index contributed by atoms with van der Waals surface area (Å²) in [6.45, 7) is 1.77. The Morgan fingerprint density at radius 2 is 2.33 bits per heavy atom. The number of para-hydroxylation sites is 1. The number of anilines is 1. The highest BCUT2D eigenvalue weighted by Gasteiger charge is 2.16. The maximum Gasteiger partial charge on any atom is 0.155 e. The lowest BCUT2D eigenvalue weighted by atomic mass is 10.2. The van der Waals surface area contributed by atoms with Gasteiger partial charge in [-0.1, -0.05) is 6.07 Å². The summed E-state index contributed by atoms with van der Waals surface area (Å²) in [4.78, 5) is 2.22. The number of hydrogen-bond acceptors (Lipinski definition) is 2. The van der Waals surface area contributed by atoms with Gasteiger partial charge in [0, 0.05) is 7.05 Å². The number of benzene rings is 1. The van der Waals surface area contributed by atoms with Crippen molar-refractivity contribution >= 4 is 28.3 Å². The number of fused-ring (bicyclic) bond motifs is 1. The van der Waals surface area contributed by atoms with E-state index < -0.39 is 0 Å². The third-order valence-electron chi connectivity index (χ3n) is 2.03. The van der Waals surface area contributed by atoms with Crippen LogP contribution in [0.5, 0.6) is 5.75 Å². The first-order chi connectivity index (χ1) is 5.79. The molecule has 1 heterocycles. The Morgan fingerprint density at radius 1 is 1.50 bits per heavy atom. The van der Waals surface area contributed by atoms with Gasteiger partial charge < -0.3 is 9.64 Å². The van der Waals surface area contributed by atoms with E-state index in [0.717, 1.165) is 18.9 Å². The van der Waals surface area contributed by atoms with Crippen molar-refractivity contribution in [3.8, 4) is 5.75 Å². The van der Waals surface area contributed by atoms with E-state index in [1.54, 1.807) is 0 Å². The zero-order valence-electron chi connectivity index (χ0n) is 6.88. The molecule has 3 heteroatoms. The van der Waals surface area contributed by atoms with E-state index in [1.165, 1.54) is 9.26 Å². The van der Waals surface area contributed by atoms with Gasteiger partial charge in [0.2, 0.25) is 0 Å². The third kappa shape index (κ3) is 1.26. The van der Waals surface area contributed by atoms with Gasteiger partial charge in [-0.25, -0.2) is 0 Å². The monoisotopic (exact) mass is 275 g/mol. The average molecular weight is 275 g/mol. The number of nitrogens with zero attached hydrogens (tertiary/aromatic N) is 1. The molecule has 1 aromatic carbocycles. The second-order valence-corrected chi connectivity index (χ2v) is 4.02. The molecule has 0 saturated carbocycles. The topological polar surface area (TPSA) is 12.5 Å². The Labute approximate surface area is 85.7 Å². The van der Waals surface area contributed by atoms with Crippen molar-refractivity contribution < 1.29 is 4.74 Å². The number of halogens is 1. The highest BCUT2D eigenvalue weighted by atomic mass is 127. The van der Waals surface area contributed by atoms with Gasteiger partial charge in [-0.15, -0.1) is 0 Å². The van der Waals surface area contributed by atoms with E-state index >= 15 is 0 Å². The molecule has 0 aliphatic carbocycles. The quantitative estimate of drug-likeness (QED) is 0.672. The van der Waals surface area contributed by atoms with Crippen molar-refractivity contribution in [2.75, 3.05) is 25.1 Å². The van der Waals surface area contributed by atoms with Crippen molar-refractivity contribution in [3.63, 3.8) is 0 Å². The van der Waals surface area contributed by atoms with Crippen LogP contribution in [0.4, 0.5) is 5.69 Å². The van der Waals surface area contributed by atoms with Crippen molar-refractivity contribution in [2.45, 2.75) is 0 Å². The van der Waals surface area contributed by atoms with Crippen LogP contribution in [0, 0.1) is 3.57 Å². The van der Waals surface area contributed by atoms with Gasteiger partial charge >= 0.3 is 0 Å². The Morgan fingerprint density at radius 3 is 3.08 bits per heavy atom. The molecule has 0 spiro atoms. The smallest absolute Gasteiger partial charge is 0.155 e. The zero-order chi connectivity index (χ0) is 8.55. The second-order valence-electron chi connectivity index (χ2n) is 2.86. The SMILES string of the molecule is CN1CCOc2c(I)cccc21. The lowest BCUT2D eigenvalue weighted by Gasteiger charge is -2.28. The molecule has 0 unspecified atom stereocenters. The van der Waals surface area contributed by atoms with Crippen LogP contribution in [0.25, 0.3) is 0 Å². The molecular weight excluding hydrogens is 265 g/mol. The molecule has 0 aromatic heterocycles. The minimum atomic E-state index is 0.795. The van der Waals surface area contributed by atoms with E-state index in [4.69, 9.17) is 4.74 Å². The minimum absolute atomic E-state index is 0.795. The Kier molecular flexibility index (Phi) is 2.12. The van der Waals surface area contributed by atoms with E-state index in [2.05, 4.69) is 52.7 Å². The number of rotatable bonds is 0. The number of likely N-dealkylation sites (N-methyl/N-ethyl adjacent to an activating group) is 1. The van der Waals surface area contributed by atoms with Gasteiger partial charge in [-0.05, 0) is 34.7 Å². The molecule has 1 aromatic rings. The maximum absolute atomic E-state index is 5.58. The summed E-state index contributed by atoms with van der Waals surface area (Å²) >= 11 is 2.30. The highest BCUT2D eigenvalue weighted by molar-refractivity contribution is 14.1. The Hall–Kier alpha value is -0.450. The molecule has 0 N–H and O–H groups in total. The van der Waals surface area contributed by atoms with Crippen LogP contribution in [0.15, 0.2) is 18.2 Å². The van der Waals surface area contributed by atoms with Gasteiger partial charge in [0.1, 0.15) is 6.61 Å². The summed E-state index contributed by atoms with van der Waals surface area (Å²) in [7, 11) is 2.09. The summed E-state index contributed by atoms with van der Waals surface area (Å²) in [5.74, 6) is 1.03. The summed E-state index contributed by atoms with van der Waals surface area (Å²) in [5.41, 5.74) is 1.20. The first-order valence-corrected chi connectivity index (χ1v) is 4.99. The molecule has 0 amide bonds. The zero-order valence-corrected chi connectivity index (χ0v) is 9.04. The maximum atomic E-state index is 5.58. The van der Waals surface area contributed by atoms with Crippen molar-refractivity contribution in [2.24, 2.45) is 0 Å². The van der Waals surface area contributed by atoms with Gasteiger partial charge in [0.15, 0.2) is 5.75 Å². The predicted octanol–water partition coefficient (Wildman–Crippen LogP) is 2.12. The molecule has 64 valence electrons. The third-order valence-corrected chi connectivity index (χ3v) is 2.88. The van der Waals surface area contributed by atoms with Crippen LogP contribution < -0.4 is 9.64 Å². The summed E-state index contributed by atoms with van der Waals surface area (Å²) < 4.78 is 6.77. The van der Waals surface area contributed by atoms with E-state index in [0.29, 0.717) is 0 Å². The number of ether oxygens (including phenoxy) is 1. The molecule has 0 radical (unpaired) electrons. The first kappa shape index (κ1) is 8.16. The van der Waals surface area contributed by atoms with Crippen molar-refractivity contribution in [1.29, 1.82) is 0 Å². The highest BCUT2D eigenvalue weighted by Crippen LogP contribution is 2.34. The fourth-order valence-electron chi connectivity index (χ4n) is 1.35. The molecule has 12 heavy (non-hydrogen) atoms. The number of hydrogen-bond donors (Lipinski definition) is 0. The molecule has 2 rings (SSSR count).